The molecule has 1 fully saturated rings. The van der Waals surface area contributed by atoms with Crippen LogP contribution in [0.4, 0.5) is 5.95 Å². The highest BCUT2D eigenvalue weighted by atomic mass is 16.5. The third kappa shape index (κ3) is 4.34. The van der Waals surface area contributed by atoms with E-state index in [2.05, 4.69) is 34.0 Å². The maximum atomic E-state index is 5.59. The van der Waals surface area contributed by atoms with Gasteiger partial charge in [-0.2, -0.15) is 4.98 Å². The lowest BCUT2D eigenvalue weighted by Gasteiger charge is -2.29. The molecule has 0 aromatic carbocycles. The highest BCUT2D eigenvalue weighted by Crippen LogP contribution is 2.18. The Hall–Kier alpha value is -1.36. The largest absolute Gasteiger partial charge is 0.478 e. The molecule has 1 aliphatic heterocycles. The summed E-state index contributed by atoms with van der Waals surface area (Å²) in [4.78, 5) is 11.2. The first kappa shape index (κ1) is 15.0. The standard InChI is InChI=1S/C15H26N4O/c1-3-11-20-14-7-10-17-15(18-14)19(4-2)12-13-5-8-16-9-6-13/h7,10,13,16H,3-6,8-9,11-12H2,1-2H3. The van der Waals surface area contributed by atoms with Gasteiger partial charge in [0, 0.05) is 25.4 Å². The Morgan fingerprint density at radius 2 is 2.15 bits per heavy atom. The van der Waals surface area contributed by atoms with Crippen LogP contribution in [0.1, 0.15) is 33.1 Å². The summed E-state index contributed by atoms with van der Waals surface area (Å²) in [6.45, 7) is 9.18. The SMILES string of the molecule is CCCOc1ccnc(N(CC)CC2CCNCC2)n1. The van der Waals surface area contributed by atoms with E-state index in [9.17, 15) is 0 Å². The van der Waals surface area contributed by atoms with E-state index in [0.29, 0.717) is 12.5 Å². The van der Waals surface area contributed by atoms with Gasteiger partial charge in [-0.3, -0.25) is 0 Å². The van der Waals surface area contributed by atoms with Gasteiger partial charge >= 0.3 is 0 Å². The topological polar surface area (TPSA) is 50.3 Å². The monoisotopic (exact) mass is 278 g/mol. The third-order valence-corrected chi connectivity index (χ3v) is 3.67. The predicted molar refractivity (Wildman–Crippen MR) is 81.3 cm³/mol. The van der Waals surface area contributed by atoms with E-state index < -0.39 is 0 Å². The molecule has 1 aliphatic rings. The van der Waals surface area contributed by atoms with Gasteiger partial charge in [0.2, 0.25) is 11.8 Å². The molecular weight excluding hydrogens is 252 g/mol. The Morgan fingerprint density at radius 1 is 1.35 bits per heavy atom. The van der Waals surface area contributed by atoms with Crippen LogP contribution in [0.15, 0.2) is 12.3 Å². The van der Waals surface area contributed by atoms with E-state index in [0.717, 1.165) is 44.5 Å². The number of anilines is 1. The molecule has 0 radical (unpaired) electrons. The molecule has 0 aliphatic carbocycles. The van der Waals surface area contributed by atoms with Crippen molar-refractivity contribution in [2.24, 2.45) is 5.92 Å². The molecule has 1 aromatic rings. The molecule has 2 rings (SSSR count). The first-order chi connectivity index (χ1) is 9.83. The van der Waals surface area contributed by atoms with Crippen molar-refractivity contribution in [3.05, 3.63) is 12.3 Å². The summed E-state index contributed by atoms with van der Waals surface area (Å²) in [7, 11) is 0. The van der Waals surface area contributed by atoms with Crippen LogP contribution in [0.2, 0.25) is 0 Å². The maximum Gasteiger partial charge on any atom is 0.228 e. The minimum absolute atomic E-state index is 0.681. The zero-order chi connectivity index (χ0) is 14.2. The lowest BCUT2D eigenvalue weighted by atomic mass is 9.98. The summed E-state index contributed by atoms with van der Waals surface area (Å²) in [5, 5.41) is 3.41. The first-order valence-corrected chi connectivity index (χ1v) is 7.75. The van der Waals surface area contributed by atoms with Gasteiger partial charge in [-0.15, -0.1) is 0 Å². The van der Waals surface area contributed by atoms with Crippen LogP contribution in [-0.2, 0) is 0 Å². The summed E-state index contributed by atoms with van der Waals surface area (Å²) in [5.74, 6) is 2.21. The molecule has 0 saturated carbocycles. The summed E-state index contributed by atoms with van der Waals surface area (Å²) in [5.41, 5.74) is 0. The molecule has 1 N–H and O–H groups in total. The molecule has 2 heterocycles. The van der Waals surface area contributed by atoms with Gasteiger partial charge in [0.1, 0.15) is 0 Å². The number of nitrogens with one attached hydrogen (secondary N) is 1. The maximum absolute atomic E-state index is 5.59. The second kappa shape index (κ2) is 8.04. The third-order valence-electron chi connectivity index (χ3n) is 3.67. The summed E-state index contributed by atoms with van der Waals surface area (Å²) >= 11 is 0. The highest BCUT2D eigenvalue weighted by molar-refractivity contribution is 5.31. The molecule has 0 amide bonds. The fourth-order valence-corrected chi connectivity index (χ4v) is 2.50. The van der Waals surface area contributed by atoms with Crippen LogP contribution < -0.4 is 15.0 Å². The average Bonchev–Trinajstić information content (AvgIpc) is 2.52. The van der Waals surface area contributed by atoms with Crippen molar-refractivity contribution in [3.8, 4) is 5.88 Å². The van der Waals surface area contributed by atoms with Crippen molar-refractivity contribution in [2.75, 3.05) is 37.7 Å². The fraction of sp³-hybridized carbons (Fsp3) is 0.733. The number of piperidine rings is 1. The molecule has 1 saturated heterocycles. The number of hydrogen-bond acceptors (Lipinski definition) is 5. The predicted octanol–water partition coefficient (Wildman–Crippen LogP) is 2.09. The fourth-order valence-electron chi connectivity index (χ4n) is 2.50. The van der Waals surface area contributed by atoms with Crippen molar-refractivity contribution in [1.29, 1.82) is 0 Å². The van der Waals surface area contributed by atoms with Crippen molar-refractivity contribution in [3.63, 3.8) is 0 Å². The van der Waals surface area contributed by atoms with Crippen LogP contribution in [-0.4, -0.2) is 42.8 Å². The Balaban J connectivity index is 1.98. The minimum Gasteiger partial charge on any atom is -0.478 e. The molecule has 0 spiro atoms. The molecule has 0 bridgehead atoms. The van der Waals surface area contributed by atoms with E-state index in [1.54, 1.807) is 6.20 Å². The van der Waals surface area contributed by atoms with Gasteiger partial charge < -0.3 is 15.0 Å². The minimum atomic E-state index is 0.681. The number of aromatic nitrogens is 2. The van der Waals surface area contributed by atoms with Crippen LogP contribution in [0.25, 0.3) is 0 Å². The molecule has 5 nitrogen and oxygen atoms in total. The molecule has 0 atom stereocenters. The Kier molecular flexibility index (Phi) is 6.05. The molecule has 20 heavy (non-hydrogen) atoms. The van der Waals surface area contributed by atoms with Crippen LogP contribution in [0.3, 0.4) is 0 Å². The normalized spacial score (nSPS) is 16.1. The van der Waals surface area contributed by atoms with Gasteiger partial charge in [0.05, 0.1) is 6.61 Å². The summed E-state index contributed by atoms with van der Waals surface area (Å²) in [6, 6.07) is 1.83. The van der Waals surface area contributed by atoms with E-state index in [1.807, 2.05) is 6.07 Å². The molecule has 112 valence electrons. The number of rotatable bonds is 7. The van der Waals surface area contributed by atoms with Crippen LogP contribution in [0, 0.1) is 5.92 Å². The molecule has 5 heteroatoms. The van der Waals surface area contributed by atoms with E-state index in [1.165, 1.54) is 12.8 Å². The first-order valence-electron chi connectivity index (χ1n) is 7.75. The Bertz CT molecular complexity index is 393. The Morgan fingerprint density at radius 3 is 2.85 bits per heavy atom. The van der Waals surface area contributed by atoms with Crippen molar-refractivity contribution in [1.82, 2.24) is 15.3 Å². The average molecular weight is 278 g/mol. The van der Waals surface area contributed by atoms with Crippen LogP contribution in [0.5, 0.6) is 5.88 Å². The van der Waals surface area contributed by atoms with Crippen LogP contribution >= 0.6 is 0 Å². The van der Waals surface area contributed by atoms with Crippen molar-refractivity contribution < 1.29 is 4.74 Å². The highest BCUT2D eigenvalue weighted by Gasteiger charge is 2.18. The molecular formula is C15H26N4O. The Labute approximate surface area is 121 Å². The zero-order valence-electron chi connectivity index (χ0n) is 12.6. The smallest absolute Gasteiger partial charge is 0.228 e. The quantitative estimate of drug-likeness (QED) is 0.827. The molecule has 0 unspecified atom stereocenters. The zero-order valence-corrected chi connectivity index (χ0v) is 12.6. The second-order valence-electron chi connectivity index (χ2n) is 5.28. The van der Waals surface area contributed by atoms with Crippen molar-refractivity contribution in [2.45, 2.75) is 33.1 Å². The molecule has 1 aromatic heterocycles. The summed E-state index contributed by atoms with van der Waals surface area (Å²) in [6.07, 6.45) is 5.26. The lowest BCUT2D eigenvalue weighted by molar-refractivity contribution is 0.304. The van der Waals surface area contributed by atoms with Gasteiger partial charge in [-0.25, -0.2) is 4.98 Å². The number of nitrogens with zero attached hydrogens (tertiary/aromatic N) is 3. The van der Waals surface area contributed by atoms with E-state index in [4.69, 9.17) is 4.74 Å². The van der Waals surface area contributed by atoms with Gasteiger partial charge in [0.15, 0.2) is 0 Å². The lowest BCUT2D eigenvalue weighted by Crippen LogP contribution is -2.36. The van der Waals surface area contributed by atoms with Crippen molar-refractivity contribution >= 4 is 5.95 Å². The number of hydrogen-bond donors (Lipinski definition) is 1. The van der Waals surface area contributed by atoms with E-state index in [-0.39, 0.29) is 0 Å². The van der Waals surface area contributed by atoms with E-state index >= 15 is 0 Å². The van der Waals surface area contributed by atoms with Gasteiger partial charge in [-0.1, -0.05) is 6.92 Å². The number of ether oxygens (including phenoxy) is 1. The second-order valence-corrected chi connectivity index (χ2v) is 5.28. The van der Waals surface area contributed by atoms with Gasteiger partial charge in [-0.05, 0) is 45.2 Å². The van der Waals surface area contributed by atoms with Gasteiger partial charge in [0.25, 0.3) is 0 Å². The summed E-state index contributed by atoms with van der Waals surface area (Å²) < 4.78 is 5.59.